The molecule has 1 amide bonds. The van der Waals surface area contributed by atoms with Gasteiger partial charge in [-0.05, 0) is 33.2 Å². The zero-order valence-corrected chi connectivity index (χ0v) is 13.6. The third-order valence-corrected chi connectivity index (χ3v) is 3.37. The van der Waals surface area contributed by atoms with Crippen molar-refractivity contribution in [1.29, 1.82) is 0 Å². The topological polar surface area (TPSA) is 58.4 Å². The Morgan fingerprint density at radius 1 is 1.32 bits per heavy atom. The highest BCUT2D eigenvalue weighted by Crippen LogP contribution is 2.11. The highest BCUT2D eigenvalue weighted by atomic mass is 16.1. The Kier molecular flexibility index (Phi) is 8.26. The lowest BCUT2D eigenvalue weighted by atomic mass is 10.0. The predicted molar refractivity (Wildman–Crippen MR) is 82.1 cm³/mol. The average molecular weight is 271 g/mol. The van der Waals surface area contributed by atoms with Gasteiger partial charge in [-0.1, -0.05) is 27.2 Å². The van der Waals surface area contributed by atoms with Crippen LogP contribution in [0.3, 0.4) is 0 Å². The minimum absolute atomic E-state index is 0.0885. The van der Waals surface area contributed by atoms with Gasteiger partial charge in [0.05, 0.1) is 0 Å². The van der Waals surface area contributed by atoms with Crippen LogP contribution in [0.2, 0.25) is 0 Å². The van der Waals surface area contributed by atoms with Crippen molar-refractivity contribution in [3.05, 3.63) is 0 Å². The monoisotopic (exact) mass is 271 g/mol. The van der Waals surface area contributed by atoms with E-state index in [1.807, 2.05) is 20.8 Å². The van der Waals surface area contributed by atoms with Gasteiger partial charge in [-0.25, -0.2) is 0 Å². The molecule has 0 aliphatic rings. The second-order valence-corrected chi connectivity index (χ2v) is 6.49. The Labute approximate surface area is 119 Å². The van der Waals surface area contributed by atoms with Crippen molar-refractivity contribution in [3.8, 4) is 0 Å². The van der Waals surface area contributed by atoms with E-state index < -0.39 is 0 Å². The number of hydrogen-bond donors (Lipinski definition) is 2. The number of rotatable bonds is 8. The molecular formula is C15H33N3O. The predicted octanol–water partition coefficient (Wildman–Crippen LogP) is 1.99. The van der Waals surface area contributed by atoms with Crippen LogP contribution in [0.25, 0.3) is 0 Å². The third-order valence-electron chi connectivity index (χ3n) is 3.37. The fourth-order valence-corrected chi connectivity index (χ4v) is 2.11. The molecule has 0 aromatic heterocycles. The van der Waals surface area contributed by atoms with Crippen molar-refractivity contribution in [1.82, 2.24) is 10.2 Å². The van der Waals surface area contributed by atoms with Crippen molar-refractivity contribution in [2.75, 3.05) is 19.6 Å². The number of amides is 1. The van der Waals surface area contributed by atoms with Crippen LogP contribution >= 0.6 is 0 Å². The normalized spacial score (nSPS) is 15.4. The number of nitrogens with zero attached hydrogens (tertiary/aromatic N) is 1. The van der Waals surface area contributed by atoms with Crippen molar-refractivity contribution in [3.63, 3.8) is 0 Å². The SMILES string of the molecule is CCC(C)CN(CC)C(CN)CC(=O)NC(C)(C)C. The van der Waals surface area contributed by atoms with Crippen molar-refractivity contribution >= 4 is 5.91 Å². The molecule has 0 saturated carbocycles. The first-order valence-electron chi connectivity index (χ1n) is 7.48. The van der Waals surface area contributed by atoms with E-state index in [9.17, 15) is 4.79 Å². The molecule has 3 N–H and O–H groups in total. The number of likely N-dealkylation sites (N-methyl/N-ethyl adjacent to an activating group) is 1. The van der Waals surface area contributed by atoms with Gasteiger partial charge in [-0.3, -0.25) is 9.69 Å². The highest BCUT2D eigenvalue weighted by molar-refractivity contribution is 5.77. The zero-order valence-electron chi connectivity index (χ0n) is 13.6. The van der Waals surface area contributed by atoms with Gasteiger partial charge in [0.25, 0.3) is 0 Å². The lowest BCUT2D eigenvalue weighted by molar-refractivity contribution is -0.123. The molecule has 0 heterocycles. The summed E-state index contributed by atoms with van der Waals surface area (Å²) in [7, 11) is 0. The average Bonchev–Trinajstić information content (AvgIpc) is 2.30. The molecule has 0 aromatic carbocycles. The first-order valence-corrected chi connectivity index (χ1v) is 7.48. The van der Waals surface area contributed by atoms with Gasteiger partial charge in [-0.2, -0.15) is 0 Å². The van der Waals surface area contributed by atoms with Crippen LogP contribution in [-0.4, -0.2) is 42.0 Å². The molecule has 0 rings (SSSR count). The maximum absolute atomic E-state index is 12.0. The molecule has 0 radical (unpaired) electrons. The smallest absolute Gasteiger partial charge is 0.222 e. The van der Waals surface area contributed by atoms with E-state index >= 15 is 0 Å². The summed E-state index contributed by atoms with van der Waals surface area (Å²) in [6, 6.07) is 0.140. The van der Waals surface area contributed by atoms with E-state index in [1.165, 1.54) is 0 Å². The Morgan fingerprint density at radius 2 is 1.89 bits per heavy atom. The molecule has 0 bridgehead atoms. The maximum Gasteiger partial charge on any atom is 0.222 e. The van der Waals surface area contributed by atoms with Crippen LogP contribution < -0.4 is 11.1 Å². The lowest BCUT2D eigenvalue weighted by Crippen LogP contribution is -2.48. The summed E-state index contributed by atoms with van der Waals surface area (Å²) in [6.07, 6.45) is 1.64. The standard InChI is InChI=1S/C15H33N3O/c1-7-12(3)11-18(8-2)13(10-16)9-14(19)17-15(4,5)6/h12-13H,7-11,16H2,1-6H3,(H,17,19). The lowest BCUT2D eigenvalue weighted by Gasteiger charge is -2.32. The van der Waals surface area contributed by atoms with Crippen LogP contribution in [0.4, 0.5) is 0 Å². The Hall–Kier alpha value is -0.610. The third kappa shape index (κ3) is 8.22. The quantitative estimate of drug-likeness (QED) is 0.710. The van der Waals surface area contributed by atoms with E-state index in [4.69, 9.17) is 5.73 Å². The molecule has 2 unspecified atom stereocenters. The number of carbonyl (C=O) groups is 1. The van der Waals surface area contributed by atoms with Crippen LogP contribution in [0.5, 0.6) is 0 Å². The molecule has 0 aliphatic heterocycles. The first-order chi connectivity index (χ1) is 8.73. The first kappa shape index (κ1) is 18.4. The summed E-state index contributed by atoms with van der Waals surface area (Å²) < 4.78 is 0. The molecule has 4 nitrogen and oxygen atoms in total. The molecule has 4 heteroatoms. The molecule has 0 aliphatic carbocycles. The molecule has 2 atom stereocenters. The van der Waals surface area contributed by atoms with Crippen molar-refractivity contribution in [2.24, 2.45) is 11.7 Å². The number of hydrogen-bond acceptors (Lipinski definition) is 3. The Morgan fingerprint density at radius 3 is 2.26 bits per heavy atom. The van der Waals surface area contributed by atoms with Gasteiger partial charge in [0.2, 0.25) is 5.91 Å². The molecule has 0 fully saturated rings. The molecule has 0 aromatic rings. The van der Waals surface area contributed by atoms with Crippen LogP contribution in [-0.2, 0) is 4.79 Å². The number of nitrogens with two attached hydrogens (primary N) is 1. The second kappa shape index (κ2) is 8.54. The van der Waals surface area contributed by atoms with Gasteiger partial charge < -0.3 is 11.1 Å². The number of carbonyl (C=O) groups excluding carboxylic acids is 1. The number of nitrogens with one attached hydrogen (secondary N) is 1. The molecule has 114 valence electrons. The maximum atomic E-state index is 12.0. The van der Waals surface area contributed by atoms with Crippen molar-refractivity contribution < 1.29 is 4.79 Å². The van der Waals surface area contributed by atoms with Gasteiger partial charge in [0, 0.05) is 31.1 Å². The summed E-state index contributed by atoms with van der Waals surface area (Å²) in [5.74, 6) is 0.727. The molecule has 0 saturated heterocycles. The van der Waals surface area contributed by atoms with Gasteiger partial charge >= 0.3 is 0 Å². The second-order valence-electron chi connectivity index (χ2n) is 6.49. The van der Waals surface area contributed by atoms with Crippen LogP contribution in [0.1, 0.15) is 54.4 Å². The summed E-state index contributed by atoms with van der Waals surface area (Å²) >= 11 is 0. The largest absolute Gasteiger partial charge is 0.351 e. The fraction of sp³-hybridized carbons (Fsp3) is 0.933. The van der Waals surface area contributed by atoms with E-state index in [2.05, 4.69) is 31.0 Å². The highest BCUT2D eigenvalue weighted by Gasteiger charge is 2.22. The van der Waals surface area contributed by atoms with Crippen molar-refractivity contribution in [2.45, 2.75) is 66.0 Å². The van der Waals surface area contributed by atoms with E-state index in [1.54, 1.807) is 0 Å². The fourth-order valence-electron chi connectivity index (χ4n) is 2.11. The Balaban J connectivity index is 4.48. The van der Waals surface area contributed by atoms with Crippen LogP contribution in [0, 0.1) is 5.92 Å². The van der Waals surface area contributed by atoms with Gasteiger partial charge in [-0.15, -0.1) is 0 Å². The Bertz CT molecular complexity index is 261. The minimum atomic E-state index is -0.177. The zero-order chi connectivity index (χ0) is 15.1. The summed E-state index contributed by atoms with van der Waals surface area (Å²) in [5.41, 5.74) is 5.68. The summed E-state index contributed by atoms with van der Waals surface area (Å²) in [6.45, 7) is 15.0. The van der Waals surface area contributed by atoms with Crippen LogP contribution in [0.15, 0.2) is 0 Å². The van der Waals surface area contributed by atoms with Gasteiger partial charge in [0.15, 0.2) is 0 Å². The van der Waals surface area contributed by atoms with E-state index in [0.29, 0.717) is 18.9 Å². The summed E-state index contributed by atoms with van der Waals surface area (Å²) in [5, 5.41) is 3.01. The van der Waals surface area contributed by atoms with E-state index in [-0.39, 0.29) is 17.5 Å². The van der Waals surface area contributed by atoms with Gasteiger partial charge in [0.1, 0.15) is 0 Å². The molecule has 0 spiro atoms. The molecular weight excluding hydrogens is 238 g/mol. The minimum Gasteiger partial charge on any atom is -0.351 e. The summed E-state index contributed by atoms with van der Waals surface area (Å²) in [4.78, 5) is 14.3. The van der Waals surface area contributed by atoms with E-state index in [0.717, 1.165) is 19.5 Å². The molecule has 19 heavy (non-hydrogen) atoms.